The third kappa shape index (κ3) is 5.19. The molecule has 17 heavy (non-hydrogen) atoms. The first kappa shape index (κ1) is 14.7. The third-order valence-electron chi connectivity index (χ3n) is 3.79. The summed E-state index contributed by atoms with van der Waals surface area (Å²) >= 11 is 0. The average Bonchev–Trinajstić information content (AvgIpc) is 2.29. The molecule has 0 radical (unpaired) electrons. The second kappa shape index (κ2) is 6.53. The van der Waals surface area contributed by atoms with E-state index < -0.39 is 9.84 Å². The Balaban J connectivity index is 2.26. The first-order valence-electron chi connectivity index (χ1n) is 6.67. The van der Waals surface area contributed by atoms with Gasteiger partial charge in [0.25, 0.3) is 0 Å². The molecule has 0 N–H and O–H groups in total. The minimum absolute atomic E-state index is 0.165. The summed E-state index contributed by atoms with van der Waals surface area (Å²) < 4.78 is 22.6. The van der Waals surface area contributed by atoms with Gasteiger partial charge in [-0.15, -0.1) is 0 Å². The molecule has 0 spiro atoms. The molecule has 3 nitrogen and oxygen atoms in total. The number of carbonyl (C=O) groups excluding carboxylic acids is 1. The Morgan fingerprint density at radius 3 is 2.29 bits per heavy atom. The highest BCUT2D eigenvalue weighted by atomic mass is 32.2. The average molecular weight is 260 g/mol. The summed E-state index contributed by atoms with van der Waals surface area (Å²) in [6.07, 6.45) is 5.23. The maximum Gasteiger partial charge on any atom is 0.150 e. The predicted octanol–water partition coefficient (Wildman–Crippen LogP) is 2.60. The monoisotopic (exact) mass is 260 g/mol. The maximum atomic E-state index is 11.9. The molecule has 0 aromatic carbocycles. The summed E-state index contributed by atoms with van der Waals surface area (Å²) in [4.78, 5) is 11.9. The van der Waals surface area contributed by atoms with Crippen molar-refractivity contribution in [3.8, 4) is 0 Å². The highest BCUT2D eigenvalue weighted by Gasteiger charge is 2.23. The van der Waals surface area contributed by atoms with Crippen molar-refractivity contribution in [3.05, 3.63) is 0 Å². The Labute approximate surface area is 105 Å². The first-order chi connectivity index (χ1) is 7.94. The fourth-order valence-corrected chi connectivity index (χ4v) is 3.27. The maximum absolute atomic E-state index is 11.9. The third-order valence-corrected chi connectivity index (χ3v) is 5.58. The van der Waals surface area contributed by atoms with Crippen LogP contribution in [0, 0.1) is 11.8 Å². The molecule has 1 aliphatic carbocycles. The van der Waals surface area contributed by atoms with Crippen LogP contribution in [0.3, 0.4) is 0 Å². The van der Waals surface area contributed by atoms with Crippen molar-refractivity contribution < 1.29 is 13.2 Å². The van der Waals surface area contributed by atoms with Gasteiger partial charge in [-0.3, -0.25) is 4.79 Å². The van der Waals surface area contributed by atoms with Crippen molar-refractivity contribution >= 4 is 15.6 Å². The van der Waals surface area contributed by atoms with Gasteiger partial charge < -0.3 is 0 Å². The fraction of sp³-hybridized carbons (Fsp3) is 0.923. The van der Waals surface area contributed by atoms with E-state index >= 15 is 0 Å². The molecule has 0 amide bonds. The summed E-state index contributed by atoms with van der Waals surface area (Å²) in [6.45, 7) is 3.88. The largest absolute Gasteiger partial charge is 0.299 e. The van der Waals surface area contributed by atoms with Gasteiger partial charge in [-0.25, -0.2) is 8.42 Å². The van der Waals surface area contributed by atoms with E-state index in [1.165, 1.54) is 0 Å². The molecule has 0 bridgehead atoms. The number of sulfone groups is 1. The highest BCUT2D eigenvalue weighted by Crippen LogP contribution is 2.29. The minimum atomic E-state index is -2.91. The Bertz CT molecular complexity index is 338. The number of rotatable bonds is 6. The molecule has 1 fully saturated rings. The molecule has 1 saturated carbocycles. The van der Waals surface area contributed by atoms with Crippen molar-refractivity contribution in [3.63, 3.8) is 0 Å². The van der Waals surface area contributed by atoms with E-state index in [0.29, 0.717) is 12.8 Å². The smallest absolute Gasteiger partial charge is 0.150 e. The van der Waals surface area contributed by atoms with Crippen molar-refractivity contribution in [2.75, 3.05) is 11.5 Å². The van der Waals surface area contributed by atoms with E-state index in [0.717, 1.165) is 31.6 Å². The van der Waals surface area contributed by atoms with E-state index in [9.17, 15) is 13.2 Å². The van der Waals surface area contributed by atoms with Gasteiger partial charge in [0.05, 0.1) is 5.75 Å². The molecule has 0 aromatic rings. The molecule has 0 aromatic heterocycles. The van der Waals surface area contributed by atoms with E-state index in [2.05, 4.69) is 6.92 Å². The lowest BCUT2D eigenvalue weighted by Gasteiger charge is -2.24. The normalized spacial score (nSPS) is 25.8. The van der Waals surface area contributed by atoms with Gasteiger partial charge in [-0.1, -0.05) is 26.7 Å². The van der Waals surface area contributed by atoms with Gasteiger partial charge in [0, 0.05) is 18.1 Å². The SMILES string of the molecule is CCS(=O)(=O)CCCC(=O)C1CCC(C)CC1. The minimum Gasteiger partial charge on any atom is -0.299 e. The van der Waals surface area contributed by atoms with Crippen LogP contribution in [-0.4, -0.2) is 25.7 Å². The van der Waals surface area contributed by atoms with Crippen LogP contribution in [0.5, 0.6) is 0 Å². The molecule has 0 aliphatic heterocycles. The van der Waals surface area contributed by atoms with Crippen LogP contribution in [-0.2, 0) is 14.6 Å². The van der Waals surface area contributed by atoms with Gasteiger partial charge in [0.1, 0.15) is 15.6 Å². The van der Waals surface area contributed by atoms with Crippen LogP contribution in [0.15, 0.2) is 0 Å². The molecule has 1 rings (SSSR count). The fourth-order valence-electron chi connectivity index (χ4n) is 2.40. The van der Waals surface area contributed by atoms with Gasteiger partial charge >= 0.3 is 0 Å². The Morgan fingerprint density at radius 2 is 1.76 bits per heavy atom. The van der Waals surface area contributed by atoms with Crippen LogP contribution in [0.1, 0.15) is 52.4 Å². The van der Waals surface area contributed by atoms with Gasteiger partial charge in [0.2, 0.25) is 0 Å². The summed E-state index contributed by atoms with van der Waals surface area (Å²) in [5.74, 6) is 1.58. The molecule has 0 saturated heterocycles. The van der Waals surface area contributed by atoms with E-state index in [1.807, 2.05) is 0 Å². The van der Waals surface area contributed by atoms with Gasteiger partial charge in [-0.2, -0.15) is 0 Å². The van der Waals surface area contributed by atoms with Crippen molar-refractivity contribution in [2.45, 2.75) is 52.4 Å². The van der Waals surface area contributed by atoms with Crippen LogP contribution in [0.2, 0.25) is 0 Å². The van der Waals surface area contributed by atoms with Crippen LogP contribution >= 0.6 is 0 Å². The van der Waals surface area contributed by atoms with Gasteiger partial charge in [-0.05, 0) is 25.2 Å². The second-order valence-corrected chi connectivity index (χ2v) is 7.74. The van der Waals surface area contributed by atoms with Gasteiger partial charge in [0.15, 0.2) is 0 Å². The summed E-state index contributed by atoms with van der Waals surface area (Å²) in [5.41, 5.74) is 0. The molecular formula is C13H24O3S. The molecule has 0 unspecified atom stereocenters. The number of Topliss-reactive ketones (excluding diaryl/α,β-unsaturated/α-hetero) is 1. The molecule has 100 valence electrons. The highest BCUT2D eigenvalue weighted by molar-refractivity contribution is 7.91. The Kier molecular flexibility index (Phi) is 5.63. The van der Waals surface area contributed by atoms with Crippen molar-refractivity contribution in [1.29, 1.82) is 0 Å². The molecule has 0 heterocycles. The standard InChI is InChI=1S/C13H24O3S/c1-3-17(15,16)10-4-5-13(14)12-8-6-11(2)7-9-12/h11-12H,3-10H2,1-2H3. The Morgan fingerprint density at radius 1 is 1.18 bits per heavy atom. The van der Waals surface area contributed by atoms with Crippen LogP contribution in [0.25, 0.3) is 0 Å². The topological polar surface area (TPSA) is 51.2 Å². The lowest BCUT2D eigenvalue weighted by Crippen LogP contribution is -2.21. The zero-order chi connectivity index (χ0) is 12.9. The number of carbonyl (C=O) groups is 1. The number of hydrogen-bond donors (Lipinski definition) is 0. The first-order valence-corrected chi connectivity index (χ1v) is 8.50. The Hall–Kier alpha value is -0.380. The number of hydrogen-bond acceptors (Lipinski definition) is 3. The molecule has 0 atom stereocenters. The summed E-state index contributed by atoms with van der Waals surface area (Å²) in [6, 6.07) is 0. The number of ketones is 1. The summed E-state index contributed by atoms with van der Waals surface area (Å²) in [5, 5.41) is 0. The van der Waals surface area contributed by atoms with E-state index in [4.69, 9.17) is 0 Å². The quantitative estimate of drug-likeness (QED) is 0.737. The lowest BCUT2D eigenvalue weighted by molar-refractivity contribution is -0.124. The predicted molar refractivity (Wildman–Crippen MR) is 69.7 cm³/mol. The van der Waals surface area contributed by atoms with E-state index in [-0.39, 0.29) is 23.2 Å². The van der Waals surface area contributed by atoms with E-state index in [1.54, 1.807) is 6.92 Å². The molecular weight excluding hydrogens is 236 g/mol. The van der Waals surface area contributed by atoms with Crippen LogP contribution in [0.4, 0.5) is 0 Å². The molecule has 1 aliphatic rings. The van der Waals surface area contributed by atoms with Crippen LogP contribution < -0.4 is 0 Å². The zero-order valence-electron chi connectivity index (χ0n) is 10.9. The lowest BCUT2D eigenvalue weighted by atomic mass is 9.80. The van der Waals surface area contributed by atoms with Crippen molar-refractivity contribution in [1.82, 2.24) is 0 Å². The molecule has 4 heteroatoms. The van der Waals surface area contributed by atoms with Crippen molar-refractivity contribution in [2.24, 2.45) is 11.8 Å². The summed E-state index contributed by atoms with van der Waals surface area (Å²) in [7, 11) is -2.91. The second-order valence-electron chi connectivity index (χ2n) is 5.26. The zero-order valence-corrected chi connectivity index (χ0v) is 11.8.